The minimum atomic E-state index is 0.125. The van der Waals surface area contributed by atoms with Gasteiger partial charge in [0.15, 0.2) is 4.34 Å². The Hall–Kier alpha value is -1.41. The zero-order valence-electron chi connectivity index (χ0n) is 11.7. The van der Waals surface area contributed by atoms with E-state index in [0.29, 0.717) is 12.1 Å². The Morgan fingerprint density at radius 2 is 2.48 bits per heavy atom. The largest absolute Gasteiger partial charge is 0.364 e. The maximum Gasteiger partial charge on any atom is 0.228 e. The molecule has 21 heavy (non-hydrogen) atoms. The first-order valence-corrected chi connectivity index (χ1v) is 8.64. The predicted octanol–water partition coefficient (Wildman–Crippen LogP) is 2.16. The third-order valence-corrected chi connectivity index (χ3v) is 5.54. The minimum absolute atomic E-state index is 0.125. The van der Waals surface area contributed by atoms with Gasteiger partial charge < -0.3 is 9.42 Å². The van der Waals surface area contributed by atoms with E-state index in [4.69, 9.17) is 4.52 Å². The Bertz CT molecular complexity index is 599. The zero-order chi connectivity index (χ0) is 14.7. The molecule has 2 aromatic heterocycles. The Morgan fingerprint density at radius 3 is 3.19 bits per heavy atom. The Kier molecular flexibility index (Phi) is 4.54. The number of thioether (sulfide) groups is 1. The number of carbonyl (C=O) groups is 1. The monoisotopic (exact) mass is 324 g/mol. The van der Waals surface area contributed by atoms with Crippen LogP contribution in [0.5, 0.6) is 0 Å². The van der Waals surface area contributed by atoms with Gasteiger partial charge in [0.2, 0.25) is 5.91 Å². The molecule has 1 atom stereocenters. The average Bonchev–Trinajstić information content (AvgIpc) is 3.17. The highest BCUT2D eigenvalue weighted by Crippen LogP contribution is 2.28. The number of aryl methyl sites for hydroxylation is 1. The fourth-order valence-electron chi connectivity index (χ4n) is 2.43. The van der Waals surface area contributed by atoms with Gasteiger partial charge in [0, 0.05) is 24.4 Å². The Labute approximate surface area is 130 Å². The molecule has 3 heterocycles. The van der Waals surface area contributed by atoms with Gasteiger partial charge in [0.1, 0.15) is 11.3 Å². The van der Waals surface area contributed by atoms with Crippen LogP contribution >= 0.6 is 23.1 Å². The highest BCUT2D eigenvalue weighted by Gasteiger charge is 2.29. The number of likely N-dealkylation sites (tertiary alicyclic amines) is 1. The van der Waals surface area contributed by atoms with Crippen molar-refractivity contribution in [1.82, 2.24) is 20.3 Å². The SMILES string of the molecule is Cc1nnc(SCC2CCCN2C(=O)Cc2ccon2)s1. The van der Waals surface area contributed by atoms with E-state index in [9.17, 15) is 4.79 Å². The molecule has 0 radical (unpaired) electrons. The van der Waals surface area contributed by atoms with Crippen molar-refractivity contribution in [2.75, 3.05) is 12.3 Å². The first kappa shape index (κ1) is 14.5. The topological polar surface area (TPSA) is 72.1 Å². The number of rotatable bonds is 5. The molecule has 1 aliphatic heterocycles. The maximum atomic E-state index is 12.3. The van der Waals surface area contributed by atoms with Crippen molar-refractivity contribution in [3.63, 3.8) is 0 Å². The molecule has 0 aliphatic carbocycles. The molecular formula is C13H16N4O2S2. The predicted molar refractivity (Wildman–Crippen MR) is 80.3 cm³/mol. The normalized spacial score (nSPS) is 18.3. The van der Waals surface area contributed by atoms with Crippen LogP contribution in [0.3, 0.4) is 0 Å². The minimum Gasteiger partial charge on any atom is -0.364 e. The van der Waals surface area contributed by atoms with Crippen LogP contribution in [0.2, 0.25) is 0 Å². The zero-order valence-corrected chi connectivity index (χ0v) is 13.3. The first-order valence-electron chi connectivity index (χ1n) is 6.84. The van der Waals surface area contributed by atoms with Gasteiger partial charge in [-0.1, -0.05) is 28.3 Å². The molecule has 2 aromatic rings. The van der Waals surface area contributed by atoms with Crippen LogP contribution in [0.1, 0.15) is 23.5 Å². The van der Waals surface area contributed by atoms with Gasteiger partial charge in [-0.2, -0.15) is 0 Å². The molecule has 1 saturated heterocycles. The number of hydrogen-bond donors (Lipinski definition) is 0. The molecule has 1 aliphatic rings. The molecular weight excluding hydrogens is 308 g/mol. The quantitative estimate of drug-likeness (QED) is 0.785. The van der Waals surface area contributed by atoms with Crippen molar-refractivity contribution < 1.29 is 9.32 Å². The van der Waals surface area contributed by atoms with E-state index in [1.807, 2.05) is 11.8 Å². The van der Waals surface area contributed by atoms with Crippen molar-refractivity contribution in [2.45, 2.75) is 36.6 Å². The van der Waals surface area contributed by atoms with Crippen LogP contribution < -0.4 is 0 Å². The Balaban J connectivity index is 1.56. The third-order valence-electron chi connectivity index (χ3n) is 3.43. The highest BCUT2D eigenvalue weighted by atomic mass is 32.2. The molecule has 0 spiro atoms. The van der Waals surface area contributed by atoms with Crippen LogP contribution in [0.4, 0.5) is 0 Å². The smallest absolute Gasteiger partial charge is 0.228 e. The summed E-state index contributed by atoms with van der Waals surface area (Å²) in [7, 11) is 0. The van der Waals surface area contributed by atoms with E-state index < -0.39 is 0 Å². The maximum absolute atomic E-state index is 12.3. The number of amides is 1. The summed E-state index contributed by atoms with van der Waals surface area (Å²) in [4.78, 5) is 14.3. The second kappa shape index (κ2) is 6.57. The molecule has 112 valence electrons. The second-order valence-electron chi connectivity index (χ2n) is 4.95. The van der Waals surface area contributed by atoms with Gasteiger partial charge in [0.25, 0.3) is 0 Å². The summed E-state index contributed by atoms with van der Waals surface area (Å²) in [5.41, 5.74) is 0.693. The van der Waals surface area contributed by atoms with E-state index in [1.54, 1.807) is 29.2 Å². The molecule has 0 saturated carbocycles. The van der Waals surface area contributed by atoms with Gasteiger partial charge in [-0.05, 0) is 19.8 Å². The van der Waals surface area contributed by atoms with Gasteiger partial charge in [0.05, 0.1) is 12.1 Å². The summed E-state index contributed by atoms with van der Waals surface area (Å²) < 4.78 is 5.75. The summed E-state index contributed by atoms with van der Waals surface area (Å²) in [5, 5.41) is 12.9. The van der Waals surface area contributed by atoms with Crippen LogP contribution in [-0.4, -0.2) is 44.5 Å². The fraction of sp³-hybridized carbons (Fsp3) is 0.538. The van der Waals surface area contributed by atoms with E-state index in [2.05, 4.69) is 15.4 Å². The van der Waals surface area contributed by atoms with Gasteiger partial charge >= 0.3 is 0 Å². The molecule has 8 heteroatoms. The summed E-state index contributed by atoms with van der Waals surface area (Å²) in [6.45, 7) is 2.78. The number of carbonyl (C=O) groups excluding carboxylic acids is 1. The highest BCUT2D eigenvalue weighted by molar-refractivity contribution is 8.01. The van der Waals surface area contributed by atoms with E-state index in [1.165, 1.54) is 6.26 Å². The summed E-state index contributed by atoms with van der Waals surface area (Å²) >= 11 is 3.28. The van der Waals surface area contributed by atoms with Crippen molar-refractivity contribution in [1.29, 1.82) is 0 Å². The van der Waals surface area contributed by atoms with Crippen molar-refractivity contribution in [2.24, 2.45) is 0 Å². The van der Waals surface area contributed by atoms with E-state index >= 15 is 0 Å². The van der Waals surface area contributed by atoms with Crippen molar-refractivity contribution >= 4 is 29.0 Å². The second-order valence-corrected chi connectivity index (χ2v) is 7.40. The number of nitrogens with zero attached hydrogens (tertiary/aromatic N) is 4. The van der Waals surface area contributed by atoms with Crippen molar-refractivity contribution in [3.8, 4) is 0 Å². The van der Waals surface area contributed by atoms with Gasteiger partial charge in [-0.3, -0.25) is 4.79 Å². The lowest BCUT2D eigenvalue weighted by atomic mass is 10.2. The molecule has 1 fully saturated rings. The van der Waals surface area contributed by atoms with Crippen LogP contribution in [0.25, 0.3) is 0 Å². The molecule has 0 bridgehead atoms. The van der Waals surface area contributed by atoms with E-state index in [-0.39, 0.29) is 11.9 Å². The average molecular weight is 324 g/mol. The van der Waals surface area contributed by atoms with E-state index in [0.717, 1.165) is 34.5 Å². The van der Waals surface area contributed by atoms with Gasteiger partial charge in [-0.25, -0.2) is 0 Å². The van der Waals surface area contributed by atoms with Crippen LogP contribution in [0, 0.1) is 6.92 Å². The lowest BCUT2D eigenvalue weighted by molar-refractivity contribution is -0.130. The third kappa shape index (κ3) is 3.62. The molecule has 1 unspecified atom stereocenters. The van der Waals surface area contributed by atoms with Crippen LogP contribution in [-0.2, 0) is 11.2 Å². The molecule has 0 N–H and O–H groups in total. The van der Waals surface area contributed by atoms with Crippen molar-refractivity contribution in [3.05, 3.63) is 23.0 Å². The summed E-state index contributed by atoms with van der Waals surface area (Å²) in [6, 6.07) is 2.01. The fourth-order valence-corrected chi connectivity index (χ4v) is 4.42. The molecule has 1 amide bonds. The summed E-state index contributed by atoms with van der Waals surface area (Å²) in [5.74, 6) is 1.000. The summed E-state index contributed by atoms with van der Waals surface area (Å²) in [6.07, 6.45) is 3.92. The van der Waals surface area contributed by atoms with Crippen LogP contribution in [0.15, 0.2) is 21.2 Å². The van der Waals surface area contributed by atoms with Gasteiger partial charge in [-0.15, -0.1) is 10.2 Å². The molecule has 0 aromatic carbocycles. The first-order chi connectivity index (χ1) is 10.2. The lowest BCUT2D eigenvalue weighted by Gasteiger charge is -2.23. The number of hydrogen-bond acceptors (Lipinski definition) is 7. The standard InChI is InChI=1S/C13H16N4O2S2/c1-9-14-15-13(21-9)20-8-11-3-2-5-17(11)12(18)7-10-4-6-19-16-10/h4,6,11H,2-3,5,7-8H2,1H3. The molecule has 6 nitrogen and oxygen atoms in total. The lowest BCUT2D eigenvalue weighted by Crippen LogP contribution is -2.38. The Morgan fingerprint density at radius 1 is 1.57 bits per heavy atom. The molecule has 3 rings (SSSR count). The number of aromatic nitrogens is 3.